The summed E-state index contributed by atoms with van der Waals surface area (Å²) in [6.07, 6.45) is 1.25. The smallest absolute Gasteiger partial charge is 0.252 e. The summed E-state index contributed by atoms with van der Waals surface area (Å²) in [4.78, 5) is 27.9. The number of hydrogen-bond acceptors (Lipinski definition) is 5. The molecule has 2 N–H and O–H groups in total. The van der Waals surface area contributed by atoms with E-state index in [9.17, 15) is 9.59 Å². The molecule has 2 heterocycles. The second-order valence-electron chi connectivity index (χ2n) is 4.63. The number of carbonyl (C=O) groups excluding carboxylic acids is 2. The topological polar surface area (TPSA) is 98.1 Å². The molecule has 0 bridgehead atoms. The Morgan fingerprint density at radius 1 is 1.55 bits per heavy atom. The quantitative estimate of drug-likeness (QED) is 0.888. The lowest BCUT2D eigenvalue weighted by atomic mass is 10.2. The van der Waals surface area contributed by atoms with Crippen LogP contribution >= 0.6 is 11.6 Å². The van der Waals surface area contributed by atoms with E-state index in [2.05, 4.69) is 20.7 Å². The van der Waals surface area contributed by atoms with E-state index < -0.39 is 6.04 Å². The van der Waals surface area contributed by atoms with Crippen LogP contribution < -0.4 is 15.4 Å². The molecule has 3 rings (SSSR count). The molecule has 2 aromatic rings. The van der Waals surface area contributed by atoms with Gasteiger partial charge in [0.2, 0.25) is 11.9 Å². The summed E-state index contributed by atoms with van der Waals surface area (Å²) in [5.74, 6) is 0.145. The molecule has 0 saturated heterocycles. The minimum atomic E-state index is -0.720. The average Bonchev–Trinajstić information content (AvgIpc) is 3.02. The van der Waals surface area contributed by atoms with Gasteiger partial charge in [-0.3, -0.25) is 14.9 Å². The number of amides is 2. The number of hydrogen-bond donors (Lipinski definition) is 2. The van der Waals surface area contributed by atoms with E-state index in [-0.39, 0.29) is 18.2 Å². The van der Waals surface area contributed by atoms with Crippen molar-refractivity contribution < 1.29 is 14.3 Å². The summed E-state index contributed by atoms with van der Waals surface area (Å²) < 4.78 is 6.54. The fourth-order valence-corrected chi connectivity index (χ4v) is 2.38. The monoisotopic (exact) mass is 321 g/mol. The van der Waals surface area contributed by atoms with Crippen LogP contribution in [0.4, 0.5) is 11.6 Å². The van der Waals surface area contributed by atoms with Gasteiger partial charge in [0, 0.05) is 5.02 Å². The highest BCUT2D eigenvalue weighted by atomic mass is 35.5. The zero-order chi connectivity index (χ0) is 15.7. The molecule has 1 aliphatic heterocycles. The molecule has 9 heteroatoms. The van der Waals surface area contributed by atoms with Crippen molar-refractivity contribution in [3.05, 3.63) is 29.5 Å². The third kappa shape index (κ3) is 2.60. The largest absolute Gasteiger partial charge is 0.495 e. The Bertz CT molecular complexity index is 745. The standard InChI is InChI=1S/C13H12ClN5O3/c1-22-10-3-2-7(14)4-8(10)17-11(20)5-9-12(21)18-13-15-6-16-19(9)13/h2-4,6,9H,5H2,1H3,(H,17,20)(H,15,16,18,21)/t9-/m1/s1. The lowest BCUT2D eigenvalue weighted by Crippen LogP contribution is -2.23. The van der Waals surface area contributed by atoms with Gasteiger partial charge in [-0.1, -0.05) is 11.6 Å². The van der Waals surface area contributed by atoms with E-state index in [1.54, 1.807) is 18.2 Å². The molecule has 0 radical (unpaired) electrons. The lowest BCUT2D eigenvalue weighted by Gasteiger charge is -2.12. The normalized spacial score (nSPS) is 16.1. The van der Waals surface area contributed by atoms with Crippen molar-refractivity contribution in [2.75, 3.05) is 17.7 Å². The van der Waals surface area contributed by atoms with Crippen molar-refractivity contribution in [3.63, 3.8) is 0 Å². The molecular formula is C13H12ClN5O3. The lowest BCUT2D eigenvalue weighted by molar-refractivity contribution is -0.123. The van der Waals surface area contributed by atoms with Gasteiger partial charge in [-0.2, -0.15) is 10.1 Å². The number of nitrogens with zero attached hydrogens (tertiary/aromatic N) is 3. The van der Waals surface area contributed by atoms with E-state index in [0.717, 1.165) is 0 Å². The fourth-order valence-electron chi connectivity index (χ4n) is 2.21. The zero-order valence-electron chi connectivity index (χ0n) is 11.5. The van der Waals surface area contributed by atoms with Crippen LogP contribution in [0.25, 0.3) is 0 Å². The molecular weight excluding hydrogens is 310 g/mol. The number of rotatable bonds is 4. The molecule has 1 aliphatic rings. The number of ether oxygens (including phenoxy) is 1. The second-order valence-corrected chi connectivity index (χ2v) is 5.07. The van der Waals surface area contributed by atoms with Crippen molar-refractivity contribution in [3.8, 4) is 5.75 Å². The van der Waals surface area contributed by atoms with Crippen LogP contribution in [0, 0.1) is 0 Å². The van der Waals surface area contributed by atoms with Gasteiger partial charge in [-0.25, -0.2) is 4.68 Å². The van der Waals surface area contributed by atoms with Gasteiger partial charge >= 0.3 is 0 Å². The van der Waals surface area contributed by atoms with Crippen LogP contribution in [0.5, 0.6) is 5.75 Å². The Hall–Kier alpha value is -2.61. The van der Waals surface area contributed by atoms with Crippen molar-refractivity contribution in [1.82, 2.24) is 14.8 Å². The van der Waals surface area contributed by atoms with Gasteiger partial charge in [-0.05, 0) is 18.2 Å². The van der Waals surface area contributed by atoms with E-state index in [1.165, 1.54) is 18.1 Å². The van der Waals surface area contributed by atoms with Crippen LogP contribution in [0.1, 0.15) is 12.5 Å². The summed E-state index contributed by atoms with van der Waals surface area (Å²) in [7, 11) is 1.49. The number of fused-ring (bicyclic) bond motifs is 1. The molecule has 0 unspecified atom stereocenters. The number of aromatic nitrogens is 3. The number of methoxy groups -OCH3 is 1. The average molecular weight is 322 g/mol. The number of carbonyl (C=O) groups is 2. The Morgan fingerprint density at radius 3 is 3.14 bits per heavy atom. The minimum Gasteiger partial charge on any atom is -0.495 e. The van der Waals surface area contributed by atoms with Crippen molar-refractivity contribution >= 4 is 35.1 Å². The van der Waals surface area contributed by atoms with Crippen LogP contribution in [0.2, 0.25) is 5.02 Å². The molecule has 8 nitrogen and oxygen atoms in total. The number of halogens is 1. The minimum absolute atomic E-state index is 0.0716. The second kappa shape index (κ2) is 5.64. The molecule has 1 atom stereocenters. The van der Waals surface area contributed by atoms with E-state index in [4.69, 9.17) is 16.3 Å². The Balaban J connectivity index is 1.74. The molecule has 0 aliphatic carbocycles. The number of benzene rings is 1. The third-order valence-electron chi connectivity index (χ3n) is 3.22. The first kappa shape index (κ1) is 14.3. The highest BCUT2D eigenvalue weighted by molar-refractivity contribution is 6.31. The summed E-state index contributed by atoms with van der Waals surface area (Å²) in [6, 6.07) is 4.16. The van der Waals surface area contributed by atoms with Crippen LogP contribution in [0.15, 0.2) is 24.5 Å². The Morgan fingerprint density at radius 2 is 2.36 bits per heavy atom. The molecule has 22 heavy (non-hydrogen) atoms. The fraction of sp³-hybridized carbons (Fsp3) is 0.231. The molecule has 114 valence electrons. The predicted molar refractivity (Wildman–Crippen MR) is 78.9 cm³/mol. The first-order valence-corrected chi connectivity index (χ1v) is 6.80. The van der Waals surface area contributed by atoms with E-state index in [1.807, 2.05) is 0 Å². The first-order chi connectivity index (χ1) is 10.6. The molecule has 0 fully saturated rings. The van der Waals surface area contributed by atoms with Gasteiger partial charge in [0.15, 0.2) is 0 Å². The molecule has 1 aromatic heterocycles. The summed E-state index contributed by atoms with van der Waals surface area (Å²) in [5, 5.41) is 9.63. The first-order valence-electron chi connectivity index (χ1n) is 6.42. The van der Waals surface area contributed by atoms with Gasteiger partial charge in [0.05, 0.1) is 19.2 Å². The summed E-state index contributed by atoms with van der Waals surface area (Å²) in [5.41, 5.74) is 0.442. The van der Waals surface area contributed by atoms with Crippen LogP contribution in [-0.4, -0.2) is 33.7 Å². The van der Waals surface area contributed by atoms with Crippen LogP contribution in [-0.2, 0) is 9.59 Å². The van der Waals surface area contributed by atoms with E-state index in [0.29, 0.717) is 22.4 Å². The van der Waals surface area contributed by atoms with Gasteiger partial charge in [0.25, 0.3) is 5.91 Å². The van der Waals surface area contributed by atoms with Crippen molar-refractivity contribution in [1.29, 1.82) is 0 Å². The predicted octanol–water partition coefficient (Wildman–Crippen LogP) is 1.46. The van der Waals surface area contributed by atoms with Crippen molar-refractivity contribution in [2.24, 2.45) is 0 Å². The Kier molecular flexibility index (Phi) is 3.68. The van der Waals surface area contributed by atoms with Crippen molar-refractivity contribution in [2.45, 2.75) is 12.5 Å². The maximum Gasteiger partial charge on any atom is 0.252 e. The maximum absolute atomic E-state index is 12.2. The molecule has 2 amide bonds. The summed E-state index contributed by atoms with van der Waals surface area (Å²) >= 11 is 5.91. The van der Waals surface area contributed by atoms with Gasteiger partial charge < -0.3 is 10.1 Å². The van der Waals surface area contributed by atoms with E-state index >= 15 is 0 Å². The third-order valence-corrected chi connectivity index (χ3v) is 3.46. The van der Waals surface area contributed by atoms with Gasteiger partial charge in [-0.15, -0.1) is 0 Å². The Labute approximate surface area is 130 Å². The highest BCUT2D eigenvalue weighted by Crippen LogP contribution is 2.29. The summed E-state index contributed by atoms with van der Waals surface area (Å²) in [6.45, 7) is 0. The van der Waals surface area contributed by atoms with Crippen LogP contribution in [0.3, 0.4) is 0 Å². The molecule has 0 spiro atoms. The molecule has 0 saturated carbocycles. The zero-order valence-corrected chi connectivity index (χ0v) is 12.3. The molecule has 1 aromatic carbocycles. The highest BCUT2D eigenvalue weighted by Gasteiger charge is 2.33. The number of anilines is 2. The SMILES string of the molecule is COc1ccc(Cl)cc1NC(=O)C[C@@H]1C(=O)Nc2ncnn21. The van der Waals surface area contributed by atoms with Gasteiger partial charge in [0.1, 0.15) is 18.1 Å². The number of nitrogens with one attached hydrogen (secondary N) is 2. The maximum atomic E-state index is 12.2.